The van der Waals surface area contributed by atoms with Gasteiger partial charge in [-0.3, -0.25) is 0 Å². The molecule has 0 unspecified atom stereocenters. The van der Waals surface area contributed by atoms with E-state index in [2.05, 4.69) is 24.3 Å². The number of benzene rings is 6. The molecule has 0 aliphatic carbocycles. The fourth-order valence-electron chi connectivity index (χ4n) is 7.13. The summed E-state index contributed by atoms with van der Waals surface area (Å²) < 4.78 is 86.5. The van der Waals surface area contributed by atoms with Gasteiger partial charge in [0.05, 0.1) is 55.7 Å². The number of rotatable bonds is 3. The molecule has 4 nitrogen and oxygen atoms in total. The summed E-state index contributed by atoms with van der Waals surface area (Å²) in [4.78, 5) is 0. The van der Waals surface area contributed by atoms with E-state index in [4.69, 9.17) is 0 Å². The average molecular weight is 699 g/mol. The standard InChI is InChI=1S/C42H24F6N4/c1-23-3-11-35-31(15-23)32-16-24(2)4-12-36(32)51(35)39-17-25(5-7-27(39)21-49)26-6-8-28(22-50)40(18-26)52-37-13-9-29(41(43,44)45)19-33(37)34-20-30(42(46,47)48)10-14-38(34)52/h3-20H,1-2H3. The molecule has 2 aromatic heterocycles. The number of alkyl halides is 6. The fourth-order valence-corrected chi connectivity index (χ4v) is 7.13. The van der Waals surface area contributed by atoms with Gasteiger partial charge in [-0.25, -0.2) is 0 Å². The van der Waals surface area contributed by atoms with E-state index < -0.39 is 23.5 Å². The van der Waals surface area contributed by atoms with Gasteiger partial charge in [0, 0.05) is 21.5 Å². The number of fused-ring (bicyclic) bond motifs is 6. The van der Waals surface area contributed by atoms with Gasteiger partial charge in [0.25, 0.3) is 0 Å². The van der Waals surface area contributed by atoms with E-state index in [1.165, 1.54) is 16.7 Å². The molecule has 0 atom stereocenters. The molecule has 0 aliphatic heterocycles. The molecule has 0 fully saturated rings. The first kappa shape index (κ1) is 32.7. The smallest absolute Gasteiger partial charge is 0.308 e. The van der Waals surface area contributed by atoms with Crippen LogP contribution < -0.4 is 0 Å². The van der Waals surface area contributed by atoms with E-state index >= 15 is 0 Å². The predicted octanol–water partition coefficient (Wildman–Crippen LogP) is 11.9. The second-order valence-corrected chi connectivity index (χ2v) is 12.9. The Kier molecular flexibility index (Phi) is 7.23. The third kappa shape index (κ3) is 5.15. The highest BCUT2D eigenvalue weighted by atomic mass is 19.4. The lowest BCUT2D eigenvalue weighted by molar-refractivity contribution is -0.138. The Labute approximate surface area is 292 Å². The van der Waals surface area contributed by atoms with Crippen LogP contribution in [0.2, 0.25) is 0 Å². The number of halogens is 6. The van der Waals surface area contributed by atoms with Crippen LogP contribution in [-0.4, -0.2) is 9.13 Å². The fraction of sp³-hybridized carbons (Fsp3) is 0.0952. The van der Waals surface area contributed by atoms with Gasteiger partial charge in [0.15, 0.2) is 0 Å². The molecular weight excluding hydrogens is 674 g/mol. The van der Waals surface area contributed by atoms with Crippen LogP contribution in [0, 0.1) is 36.5 Å². The zero-order valence-corrected chi connectivity index (χ0v) is 27.4. The first-order valence-electron chi connectivity index (χ1n) is 16.1. The molecule has 2 heterocycles. The van der Waals surface area contributed by atoms with Crippen molar-refractivity contribution < 1.29 is 26.3 Å². The minimum absolute atomic E-state index is 0.0392. The summed E-state index contributed by atoms with van der Waals surface area (Å²) in [6.45, 7) is 4.04. The molecule has 0 aliphatic rings. The minimum atomic E-state index is -4.73. The molecule has 8 aromatic rings. The number of nitrogens with zero attached hydrogens (tertiary/aromatic N) is 4. The SMILES string of the molecule is Cc1ccc2c(c1)c1cc(C)ccc1n2-c1cc(-c2ccc(C#N)c(-n3c4ccc(C(F)(F)F)cc4c4cc(C(F)(F)F)ccc43)c2)ccc1C#N. The van der Waals surface area contributed by atoms with Gasteiger partial charge in [-0.05, 0) is 110 Å². The second-order valence-electron chi connectivity index (χ2n) is 12.9. The number of nitriles is 2. The summed E-state index contributed by atoms with van der Waals surface area (Å²) in [7, 11) is 0. The molecule has 0 saturated carbocycles. The third-order valence-electron chi connectivity index (χ3n) is 9.55. The van der Waals surface area contributed by atoms with E-state index in [1.807, 2.05) is 48.7 Å². The second kappa shape index (κ2) is 11.5. The molecule has 0 radical (unpaired) electrons. The van der Waals surface area contributed by atoms with E-state index in [0.717, 1.165) is 57.2 Å². The maximum Gasteiger partial charge on any atom is 0.416 e. The van der Waals surface area contributed by atoms with Crippen LogP contribution in [-0.2, 0) is 12.4 Å². The van der Waals surface area contributed by atoms with Gasteiger partial charge >= 0.3 is 12.4 Å². The average Bonchev–Trinajstić information content (AvgIpc) is 3.61. The van der Waals surface area contributed by atoms with Crippen molar-refractivity contribution in [3.05, 3.63) is 143 Å². The van der Waals surface area contributed by atoms with Gasteiger partial charge in [0.2, 0.25) is 0 Å². The first-order valence-corrected chi connectivity index (χ1v) is 16.1. The Bertz CT molecular complexity index is 2740. The van der Waals surface area contributed by atoms with Gasteiger partial charge in [-0.2, -0.15) is 36.9 Å². The van der Waals surface area contributed by atoms with Crippen LogP contribution in [0.15, 0.2) is 109 Å². The van der Waals surface area contributed by atoms with Crippen LogP contribution in [0.5, 0.6) is 0 Å². The summed E-state index contributed by atoms with van der Waals surface area (Å²) in [5, 5.41) is 22.4. The van der Waals surface area contributed by atoms with Crippen molar-refractivity contribution in [1.29, 1.82) is 10.5 Å². The van der Waals surface area contributed by atoms with Crippen molar-refractivity contribution in [2.75, 3.05) is 0 Å². The number of aromatic nitrogens is 2. The molecule has 0 amide bonds. The minimum Gasteiger partial charge on any atom is -0.308 e. The van der Waals surface area contributed by atoms with E-state index in [-0.39, 0.29) is 33.1 Å². The van der Waals surface area contributed by atoms with E-state index in [1.54, 1.807) is 30.3 Å². The molecule has 10 heteroatoms. The van der Waals surface area contributed by atoms with Gasteiger partial charge in [0.1, 0.15) is 12.1 Å². The summed E-state index contributed by atoms with van der Waals surface area (Å²) in [5.41, 5.74) is 5.12. The van der Waals surface area contributed by atoms with Crippen molar-refractivity contribution >= 4 is 43.6 Å². The van der Waals surface area contributed by atoms with Gasteiger partial charge in [-0.15, -0.1) is 0 Å². The van der Waals surface area contributed by atoms with Crippen molar-refractivity contribution in [3.8, 4) is 34.6 Å². The molecule has 0 spiro atoms. The highest BCUT2D eigenvalue weighted by molar-refractivity contribution is 6.11. The molecule has 0 N–H and O–H groups in total. The number of hydrogen-bond donors (Lipinski definition) is 0. The molecule has 0 saturated heterocycles. The summed E-state index contributed by atoms with van der Waals surface area (Å²) in [6, 6.07) is 32.9. The number of hydrogen-bond acceptors (Lipinski definition) is 2. The molecule has 0 bridgehead atoms. The monoisotopic (exact) mass is 698 g/mol. The highest BCUT2D eigenvalue weighted by Gasteiger charge is 2.33. The normalized spacial score (nSPS) is 12.2. The van der Waals surface area contributed by atoms with Gasteiger partial charge < -0.3 is 9.13 Å². The Morgan fingerprint density at radius 2 is 0.788 bits per heavy atom. The topological polar surface area (TPSA) is 57.4 Å². The summed E-state index contributed by atoms with van der Waals surface area (Å²) in [6.07, 6.45) is -9.47. The van der Waals surface area contributed by atoms with Crippen LogP contribution in [0.3, 0.4) is 0 Å². The van der Waals surface area contributed by atoms with Gasteiger partial charge in [-0.1, -0.05) is 35.4 Å². The lowest BCUT2D eigenvalue weighted by atomic mass is 9.99. The third-order valence-corrected chi connectivity index (χ3v) is 9.55. The van der Waals surface area contributed by atoms with Crippen molar-refractivity contribution in [2.24, 2.45) is 0 Å². The van der Waals surface area contributed by atoms with Crippen molar-refractivity contribution in [3.63, 3.8) is 0 Å². The maximum absolute atomic E-state index is 13.8. The Balaban J connectivity index is 1.38. The molecular formula is C42H24F6N4. The highest BCUT2D eigenvalue weighted by Crippen LogP contribution is 2.42. The van der Waals surface area contributed by atoms with Crippen molar-refractivity contribution in [2.45, 2.75) is 26.2 Å². The van der Waals surface area contributed by atoms with Crippen LogP contribution >= 0.6 is 0 Å². The molecule has 254 valence electrons. The Morgan fingerprint density at radius 3 is 1.13 bits per heavy atom. The maximum atomic E-state index is 13.8. The predicted molar refractivity (Wildman–Crippen MR) is 189 cm³/mol. The quantitative estimate of drug-likeness (QED) is 0.173. The Morgan fingerprint density at radius 1 is 0.442 bits per heavy atom. The van der Waals surface area contributed by atoms with Crippen LogP contribution in [0.1, 0.15) is 33.4 Å². The van der Waals surface area contributed by atoms with Crippen LogP contribution in [0.25, 0.3) is 66.1 Å². The molecule has 52 heavy (non-hydrogen) atoms. The van der Waals surface area contributed by atoms with E-state index in [0.29, 0.717) is 22.4 Å². The Hall–Kier alpha value is -6.52. The van der Waals surface area contributed by atoms with Crippen molar-refractivity contribution in [1.82, 2.24) is 9.13 Å². The first-order chi connectivity index (χ1) is 24.8. The molecule has 8 rings (SSSR count). The lowest BCUT2D eigenvalue weighted by Gasteiger charge is -2.15. The van der Waals surface area contributed by atoms with Crippen LogP contribution in [0.4, 0.5) is 26.3 Å². The summed E-state index contributed by atoms with van der Waals surface area (Å²) in [5.74, 6) is 0. The number of aryl methyl sites for hydroxylation is 2. The largest absolute Gasteiger partial charge is 0.416 e. The lowest BCUT2D eigenvalue weighted by Crippen LogP contribution is -2.04. The molecule has 6 aromatic carbocycles. The summed E-state index contributed by atoms with van der Waals surface area (Å²) >= 11 is 0. The zero-order chi connectivity index (χ0) is 36.7. The van der Waals surface area contributed by atoms with E-state index in [9.17, 15) is 36.9 Å². The zero-order valence-electron chi connectivity index (χ0n) is 27.4.